The first-order chi connectivity index (χ1) is 8.42. The Morgan fingerprint density at radius 3 is 2.72 bits per heavy atom. The lowest BCUT2D eigenvalue weighted by Crippen LogP contribution is -2.48. The summed E-state index contributed by atoms with van der Waals surface area (Å²) in [7, 11) is 0. The van der Waals surface area contributed by atoms with E-state index in [9.17, 15) is 9.59 Å². The van der Waals surface area contributed by atoms with Crippen LogP contribution in [0, 0.1) is 23.2 Å². The minimum atomic E-state index is -1.35. The van der Waals surface area contributed by atoms with E-state index < -0.39 is 35.3 Å². The van der Waals surface area contributed by atoms with Gasteiger partial charge in [-0.05, 0) is 20.8 Å². The van der Waals surface area contributed by atoms with Gasteiger partial charge in [-0.25, -0.2) is 4.79 Å². The quantitative estimate of drug-likeness (QED) is 0.400. The largest absolute Gasteiger partial charge is 0.464 e. The number of hydrogen-bond donors (Lipinski definition) is 0. The SMILES string of the molecule is CCOC(=O)[C@@]12C#C[C@@H]1[C@@H]1OC(C)(C)O[C@@H]1C2=O. The van der Waals surface area contributed by atoms with Gasteiger partial charge in [-0.1, -0.05) is 11.8 Å². The van der Waals surface area contributed by atoms with Gasteiger partial charge in [0.1, 0.15) is 12.2 Å². The van der Waals surface area contributed by atoms with Gasteiger partial charge >= 0.3 is 5.97 Å². The number of ketones is 1. The van der Waals surface area contributed by atoms with Gasteiger partial charge in [0.05, 0.1) is 12.5 Å². The molecule has 1 saturated carbocycles. The number of ether oxygens (including phenoxy) is 3. The van der Waals surface area contributed by atoms with Crippen LogP contribution in [0.2, 0.25) is 0 Å². The van der Waals surface area contributed by atoms with E-state index in [2.05, 4.69) is 11.8 Å². The van der Waals surface area contributed by atoms with Crippen molar-refractivity contribution in [2.75, 3.05) is 6.61 Å². The number of carbonyl (C=O) groups is 2. The van der Waals surface area contributed by atoms with E-state index in [4.69, 9.17) is 14.2 Å². The van der Waals surface area contributed by atoms with Crippen LogP contribution >= 0.6 is 0 Å². The molecule has 0 amide bonds. The molecule has 18 heavy (non-hydrogen) atoms. The lowest BCUT2D eigenvalue weighted by molar-refractivity contribution is -0.178. The molecule has 1 heterocycles. The van der Waals surface area contributed by atoms with Crippen LogP contribution in [0.25, 0.3) is 0 Å². The third-order valence-corrected chi connectivity index (χ3v) is 3.59. The fourth-order valence-corrected chi connectivity index (χ4v) is 2.83. The van der Waals surface area contributed by atoms with Crippen LogP contribution in [-0.4, -0.2) is 36.4 Å². The van der Waals surface area contributed by atoms with Crippen molar-refractivity contribution in [1.29, 1.82) is 0 Å². The third-order valence-electron chi connectivity index (χ3n) is 3.59. The van der Waals surface area contributed by atoms with E-state index in [0.29, 0.717) is 0 Å². The minimum Gasteiger partial charge on any atom is -0.464 e. The Labute approximate surface area is 105 Å². The Hall–Kier alpha value is -1.38. The predicted octanol–water partition coefficient (Wildman–Crippen LogP) is 0.272. The first-order valence-electron chi connectivity index (χ1n) is 6.02. The molecule has 5 nitrogen and oxygen atoms in total. The Kier molecular flexibility index (Phi) is 2.17. The van der Waals surface area contributed by atoms with Gasteiger partial charge in [-0.15, -0.1) is 0 Å². The summed E-state index contributed by atoms with van der Waals surface area (Å²) in [6.45, 7) is 5.42. The standard InChI is InChI=1S/C13H14O5/c1-4-16-11(15)13-6-5-7(13)8-9(10(13)14)18-12(2,3)17-8/h7-9H,4H2,1-3H3/t7-,8+,9+,13+/m1/s1. The van der Waals surface area contributed by atoms with Crippen LogP contribution in [0.1, 0.15) is 20.8 Å². The molecule has 0 radical (unpaired) electrons. The molecule has 5 heteroatoms. The topological polar surface area (TPSA) is 61.8 Å². The van der Waals surface area contributed by atoms with Crippen molar-refractivity contribution in [1.82, 2.24) is 0 Å². The van der Waals surface area contributed by atoms with E-state index in [0.717, 1.165) is 0 Å². The molecule has 3 rings (SSSR count). The molecule has 96 valence electrons. The number of Topliss-reactive ketones (excluding diaryl/α,β-unsaturated/α-hetero) is 1. The second-order valence-electron chi connectivity index (χ2n) is 5.16. The molecule has 0 bridgehead atoms. The Morgan fingerprint density at radius 2 is 2.17 bits per heavy atom. The van der Waals surface area contributed by atoms with Gasteiger partial charge in [0.2, 0.25) is 5.41 Å². The van der Waals surface area contributed by atoms with E-state index in [1.54, 1.807) is 20.8 Å². The van der Waals surface area contributed by atoms with Gasteiger partial charge in [-0.3, -0.25) is 4.79 Å². The molecule has 2 fully saturated rings. The minimum absolute atomic E-state index is 0.227. The summed E-state index contributed by atoms with van der Waals surface area (Å²) in [6.07, 6.45) is -1.19. The first-order valence-corrected chi connectivity index (χ1v) is 6.02. The summed E-state index contributed by atoms with van der Waals surface area (Å²) < 4.78 is 16.2. The van der Waals surface area contributed by atoms with E-state index in [1.807, 2.05) is 0 Å². The van der Waals surface area contributed by atoms with E-state index in [1.165, 1.54) is 0 Å². The van der Waals surface area contributed by atoms with Crippen LogP contribution in [0.4, 0.5) is 0 Å². The zero-order valence-corrected chi connectivity index (χ0v) is 10.5. The lowest BCUT2D eigenvalue weighted by atomic mass is 9.70. The zero-order valence-electron chi connectivity index (χ0n) is 10.5. The highest BCUT2D eigenvalue weighted by atomic mass is 16.8. The molecule has 0 aromatic carbocycles. The molecule has 3 aliphatic rings. The maximum absolute atomic E-state index is 12.4. The van der Waals surface area contributed by atoms with Gasteiger partial charge in [0.15, 0.2) is 11.6 Å². The van der Waals surface area contributed by atoms with Crippen molar-refractivity contribution in [3.8, 4) is 11.8 Å². The van der Waals surface area contributed by atoms with Gasteiger partial charge in [-0.2, -0.15) is 0 Å². The zero-order chi connectivity index (χ0) is 13.1. The molecule has 0 unspecified atom stereocenters. The highest BCUT2D eigenvalue weighted by Crippen LogP contribution is 2.52. The highest BCUT2D eigenvalue weighted by molar-refractivity contribution is 6.14. The number of fused-ring (bicyclic) bond motifs is 3. The monoisotopic (exact) mass is 250 g/mol. The van der Waals surface area contributed by atoms with Crippen LogP contribution in [0.15, 0.2) is 0 Å². The molecule has 4 atom stereocenters. The number of rotatable bonds is 2. The maximum Gasteiger partial charge on any atom is 0.333 e. The van der Waals surface area contributed by atoms with Crippen molar-refractivity contribution < 1.29 is 23.8 Å². The molecule has 1 saturated heterocycles. The summed E-state index contributed by atoms with van der Waals surface area (Å²) in [5.41, 5.74) is -1.35. The number of esters is 1. The van der Waals surface area contributed by atoms with Crippen molar-refractivity contribution in [3.63, 3.8) is 0 Å². The second-order valence-corrected chi connectivity index (χ2v) is 5.16. The normalized spacial score (nSPS) is 42.4. The number of hydrogen-bond acceptors (Lipinski definition) is 5. The van der Waals surface area contributed by atoms with E-state index in [-0.39, 0.29) is 12.4 Å². The van der Waals surface area contributed by atoms with Gasteiger partial charge < -0.3 is 14.2 Å². The Bertz CT molecular complexity index is 497. The molecule has 1 aliphatic heterocycles. The Morgan fingerprint density at radius 1 is 1.44 bits per heavy atom. The summed E-state index contributed by atoms with van der Waals surface area (Å²) in [5.74, 6) is 3.40. The van der Waals surface area contributed by atoms with Crippen molar-refractivity contribution in [2.45, 2.75) is 38.8 Å². The van der Waals surface area contributed by atoms with Crippen molar-refractivity contribution in [3.05, 3.63) is 0 Å². The summed E-state index contributed by atoms with van der Waals surface area (Å²) in [5, 5.41) is 0. The van der Waals surface area contributed by atoms with Gasteiger partial charge in [0.25, 0.3) is 0 Å². The van der Waals surface area contributed by atoms with E-state index >= 15 is 0 Å². The fourth-order valence-electron chi connectivity index (χ4n) is 2.83. The molecular formula is C13H14O5. The summed E-state index contributed by atoms with van der Waals surface area (Å²) >= 11 is 0. The van der Waals surface area contributed by atoms with Crippen LogP contribution in [0.3, 0.4) is 0 Å². The van der Waals surface area contributed by atoms with Crippen LogP contribution in [0.5, 0.6) is 0 Å². The van der Waals surface area contributed by atoms with Crippen molar-refractivity contribution in [2.24, 2.45) is 11.3 Å². The average molecular weight is 250 g/mol. The molecular weight excluding hydrogens is 236 g/mol. The number of carbonyl (C=O) groups excluding carboxylic acids is 2. The maximum atomic E-state index is 12.4. The molecule has 0 aromatic heterocycles. The first kappa shape index (κ1) is 11.7. The third kappa shape index (κ3) is 1.20. The second kappa shape index (κ2) is 3.34. The summed E-state index contributed by atoms with van der Waals surface area (Å²) in [6, 6.07) is 0. The molecule has 0 N–H and O–H groups in total. The van der Waals surface area contributed by atoms with Crippen LogP contribution < -0.4 is 0 Å². The Balaban J connectivity index is 1.93. The van der Waals surface area contributed by atoms with Crippen molar-refractivity contribution >= 4 is 11.8 Å². The molecule has 0 spiro atoms. The van der Waals surface area contributed by atoms with Gasteiger partial charge in [0, 0.05) is 0 Å². The van der Waals surface area contributed by atoms with Crippen LogP contribution in [-0.2, 0) is 23.8 Å². The fraction of sp³-hybridized carbons (Fsp3) is 0.692. The predicted molar refractivity (Wildman–Crippen MR) is 59.2 cm³/mol. The highest BCUT2D eigenvalue weighted by Gasteiger charge is 2.72. The smallest absolute Gasteiger partial charge is 0.333 e. The lowest BCUT2D eigenvalue weighted by Gasteiger charge is -2.32. The average Bonchev–Trinajstić information content (AvgIpc) is 2.59. The summed E-state index contributed by atoms with van der Waals surface area (Å²) in [4.78, 5) is 24.3. The molecule has 2 aliphatic carbocycles. The molecule has 0 aromatic rings.